The molecule has 0 radical (unpaired) electrons. The maximum atomic E-state index is 11.4. The van der Waals surface area contributed by atoms with Crippen molar-refractivity contribution in [2.45, 2.75) is 58.8 Å². The number of fused-ring (bicyclic) bond motifs is 1. The van der Waals surface area contributed by atoms with Crippen LogP contribution < -0.4 is 0 Å². The van der Waals surface area contributed by atoms with Gasteiger partial charge in [-0.25, -0.2) is 0 Å². The minimum atomic E-state index is -0.712. The molecule has 3 heteroatoms. The standard InChI is InChI=1S/C20H28O3/c1-13(2)16-6-9-20-10-14(15(11-20)12-21)4-5-17(20)19(16,3)8-7-18(22)23/h11-12,14,16-17H,1,4-10H2,2-3H3,(H,22,23)/t14-,16-,17+,19-,20+/m1/s1. The third-order valence-corrected chi connectivity index (χ3v) is 7.15. The highest BCUT2D eigenvalue weighted by atomic mass is 16.4. The van der Waals surface area contributed by atoms with Gasteiger partial charge >= 0.3 is 5.97 Å². The number of carbonyl (C=O) groups is 2. The monoisotopic (exact) mass is 316 g/mol. The first kappa shape index (κ1) is 16.5. The number of allylic oxidation sites excluding steroid dienone is 3. The number of aliphatic carboxylic acids is 1. The number of rotatable bonds is 5. The Morgan fingerprint density at radius 1 is 1.43 bits per heavy atom. The summed E-state index contributed by atoms with van der Waals surface area (Å²) in [5, 5.41) is 9.21. The zero-order valence-electron chi connectivity index (χ0n) is 14.3. The summed E-state index contributed by atoms with van der Waals surface area (Å²) in [5.74, 6) is 0.589. The number of carboxylic acid groups (broad SMARTS) is 1. The molecule has 0 aliphatic heterocycles. The molecule has 2 bridgehead atoms. The molecule has 5 atom stereocenters. The Labute approximate surface area is 138 Å². The molecule has 23 heavy (non-hydrogen) atoms. The number of hydrogen-bond donors (Lipinski definition) is 1. The van der Waals surface area contributed by atoms with E-state index in [9.17, 15) is 14.7 Å². The van der Waals surface area contributed by atoms with E-state index in [-0.39, 0.29) is 17.3 Å². The zero-order chi connectivity index (χ0) is 16.8. The first-order chi connectivity index (χ1) is 10.8. The number of aldehydes is 1. The summed E-state index contributed by atoms with van der Waals surface area (Å²) in [4.78, 5) is 22.6. The van der Waals surface area contributed by atoms with Gasteiger partial charge in [0.25, 0.3) is 0 Å². The van der Waals surface area contributed by atoms with Crippen molar-refractivity contribution in [3.8, 4) is 0 Å². The summed E-state index contributed by atoms with van der Waals surface area (Å²) in [6.07, 6.45) is 9.72. The fraction of sp³-hybridized carbons (Fsp3) is 0.700. The maximum Gasteiger partial charge on any atom is 0.303 e. The van der Waals surface area contributed by atoms with Crippen molar-refractivity contribution in [1.82, 2.24) is 0 Å². The molecular formula is C20H28O3. The van der Waals surface area contributed by atoms with E-state index < -0.39 is 5.97 Å². The lowest BCUT2D eigenvalue weighted by molar-refractivity contribution is -0.139. The number of carboxylic acids is 1. The van der Waals surface area contributed by atoms with Gasteiger partial charge in [0.1, 0.15) is 6.29 Å². The van der Waals surface area contributed by atoms with Crippen LogP contribution in [0.15, 0.2) is 23.8 Å². The summed E-state index contributed by atoms with van der Waals surface area (Å²) in [5.41, 5.74) is 2.29. The van der Waals surface area contributed by atoms with Gasteiger partial charge in [0.2, 0.25) is 0 Å². The summed E-state index contributed by atoms with van der Waals surface area (Å²) in [6, 6.07) is 0. The average Bonchev–Trinajstić information content (AvgIpc) is 2.76. The second-order valence-electron chi connectivity index (χ2n) is 8.36. The Morgan fingerprint density at radius 3 is 2.78 bits per heavy atom. The van der Waals surface area contributed by atoms with Crippen molar-refractivity contribution >= 4 is 12.3 Å². The Balaban J connectivity index is 1.98. The van der Waals surface area contributed by atoms with Crippen LogP contribution in [-0.4, -0.2) is 17.4 Å². The van der Waals surface area contributed by atoms with Gasteiger partial charge in [0.05, 0.1) is 0 Å². The molecule has 0 aromatic carbocycles. The van der Waals surface area contributed by atoms with Crippen molar-refractivity contribution < 1.29 is 14.7 Å². The molecule has 0 unspecified atom stereocenters. The Kier molecular flexibility index (Phi) is 4.02. The molecule has 2 saturated carbocycles. The second-order valence-corrected chi connectivity index (χ2v) is 8.36. The predicted molar refractivity (Wildman–Crippen MR) is 89.9 cm³/mol. The van der Waals surface area contributed by atoms with Crippen LogP contribution in [0.2, 0.25) is 0 Å². The van der Waals surface area contributed by atoms with Crippen LogP contribution >= 0.6 is 0 Å². The maximum absolute atomic E-state index is 11.4. The van der Waals surface area contributed by atoms with Gasteiger partial charge in [0, 0.05) is 6.42 Å². The van der Waals surface area contributed by atoms with Crippen molar-refractivity contribution in [1.29, 1.82) is 0 Å². The van der Waals surface area contributed by atoms with Crippen LogP contribution in [0.4, 0.5) is 0 Å². The van der Waals surface area contributed by atoms with E-state index in [1.807, 2.05) is 0 Å². The van der Waals surface area contributed by atoms with Crippen molar-refractivity contribution in [3.05, 3.63) is 23.8 Å². The van der Waals surface area contributed by atoms with E-state index in [0.29, 0.717) is 24.2 Å². The Hall–Kier alpha value is -1.38. The van der Waals surface area contributed by atoms with Crippen LogP contribution in [0.3, 0.4) is 0 Å². The molecule has 3 aliphatic carbocycles. The first-order valence-electron chi connectivity index (χ1n) is 8.87. The van der Waals surface area contributed by atoms with Gasteiger partial charge in [-0.2, -0.15) is 0 Å². The molecule has 3 nitrogen and oxygen atoms in total. The molecule has 3 aliphatic rings. The van der Waals surface area contributed by atoms with Crippen LogP contribution in [0, 0.1) is 28.6 Å². The largest absolute Gasteiger partial charge is 0.481 e. The van der Waals surface area contributed by atoms with Crippen LogP contribution in [0.1, 0.15) is 58.8 Å². The van der Waals surface area contributed by atoms with Crippen molar-refractivity contribution in [3.63, 3.8) is 0 Å². The average molecular weight is 316 g/mol. The Morgan fingerprint density at radius 2 is 2.17 bits per heavy atom. The third kappa shape index (κ3) is 2.49. The summed E-state index contributed by atoms with van der Waals surface area (Å²) < 4.78 is 0. The van der Waals surface area contributed by atoms with E-state index in [2.05, 4.69) is 26.5 Å². The fourth-order valence-corrected chi connectivity index (χ4v) is 6.24. The summed E-state index contributed by atoms with van der Waals surface area (Å²) in [7, 11) is 0. The molecule has 0 aromatic rings. The lowest BCUT2D eigenvalue weighted by Gasteiger charge is -2.58. The molecule has 0 heterocycles. The Bertz CT molecular complexity index is 575. The molecule has 1 spiro atoms. The van der Waals surface area contributed by atoms with Gasteiger partial charge in [-0.05, 0) is 79.6 Å². The molecule has 0 amide bonds. The molecule has 126 valence electrons. The molecule has 1 N–H and O–H groups in total. The lowest BCUT2D eigenvalue weighted by atomic mass is 9.46. The smallest absolute Gasteiger partial charge is 0.303 e. The van der Waals surface area contributed by atoms with Gasteiger partial charge in [-0.15, -0.1) is 0 Å². The van der Waals surface area contributed by atoms with Crippen molar-refractivity contribution in [2.24, 2.45) is 28.6 Å². The van der Waals surface area contributed by atoms with Gasteiger partial charge in [-0.1, -0.05) is 25.2 Å². The van der Waals surface area contributed by atoms with Crippen LogP contribution in [-0.2, 0) is 9.59 Å². The van der Waals surface area contributed by atoms with Gasteiger partial charge in [0.15, 0.2) is 0 Å². The molecule has 0 saturated heterocycles. The van der Waals surface area contributed by atoms with E-state index in [4.69, 9.17) is 0 Å². The second kappa shape index (κ2) is 5.61. The van der Waals surface area contributed by atoms with E-state index >= 15 is 0 Å². The van der Waals surface area contributed by atoms with E-state index in [1.165, 1.54) is 5.57 Å². The van der Waals surface area contributed by atoms with Crippen molar-refractivity contribution in [2.75, 3.05) is 0 Å². The normalized spacial score (nSPS) is 41.8. The fourth-order valence-electron chi connectivity index (χ4n) is 6.24. The zero-order valence-corrected chi connectivity index (χ0v) is 14.3. The highest BCUT2D eigenvalue weighted by Crippen LogP contribution is 2.67. The van der Waals surface area contributed by atoms with Gasteiger partial charge in [-0.3, -0.25) is 9.59 Å². The summed E-state index contributed by atoms with van der Waals surface area (Å²) >= 11 is 0. The highest BCUT2D eigenvalue weighted by Gasteiger charge is 2.58. The molecule has 2 fully saturated rings. The van der Waals surface area contributed by atoms with Crippen LogP contribution in [0.25, 0.3) is 0 Å². The van der Waals surface area contributed by atoms with E-state index in [0.717, 1.165) is 44.0 Å². The topological polar surface area (TPSA) is 54.4 Å². The minimum Gasteiger partial charge on any atom is -0.481 e. The lowest BCUT2D eigenvalue weighted by Crippen LogP contribution is -2.50. The molecular weight excluding hydrogens is 288 g/mol. The molecule has 0 aromatic heterocycles. The first-order valence-corrected chi connectivity index (χ1v) is 8.87. The quantitative estimate of drug-likeness (QED) is 0.604. The number of carbonyl (C=O) groups excluding carboxylic acids is 1. The molecule has 3 rings (SSSR count). The summed E-state index contributed by atoms with van der Waals surface area (Å²) in [6.45, 7) is 8.59. The minimum absolute atomic E-state index is 0.0255. The highest BCUT2D eigenvalue weighted by molar-refractivity contribution is 5.75. The van der Waals surface area contributed by atoms with Crippen LogP contribution in [0.5, 0.6) is 0 Å². The van der Waals surface area contributed by atoms with Gasteiger partial charge < -0.3 is 5.11 Å². The third-order valence-electron chi connectivity index (χ3n) is 7.15. The predicted octanol–water partition coefficient (Wildman–Crippen LogP) is 4.39. The SMILES string of the molecule is C=C(C)[C@H]1CC[C@]23C=C(C=O)[C@H](CC[C@H]2[C@]1(C)CCC(=O)O)C3. The van der Waals surface area contributed by atoms with E-state index in [1.54, 1.807) is 0 Å². The number of hydrogen-bond acceptors (Lipinski definition) is 2.